The Morgan fingerprint density at radius 2 is 1.64 bits per heavy atom. The van der Waals surface area contributed by atoms with Gasteiger partial charge in [0.15, 0.2) is 0 Å². The number of nitrogens with one attached hydrogen (secondary N) is 1. The highest BCUT2D eigenvalue weighted by atomic mass is 16.5. The maximum atomic E-state index is 12.3. The van der Waals surface area contributed by atoms with Gasteiger partial charge in [-0.2, -0.15) is 0 Å². The topological polar surface area (TPSA) is 70.6 Å². The molecule has 3 aromatic rings. The van der Waals surface area contributed by atoms with Crippen LogP contribution in [0.25, 0.3) is 10.9 Å². The Bertz CT molecular complexity index is 1080. The summed E-state index contributed by atoms with van der Waals surface area (Å²) >= 11 is 0. The van der Waals surface area contributed by atoms with E-state index in [2.05, 4.69) is 20.9 Å². The number of methoxy groups -OCH3 is 1. The lowest BCUT2D eigenvalue weighted by atomic mass is 10.2. The van der Waals surface area contributed by atoms with Crippen molar-refractivity contribution in [1.29, 1.82) is 0 Å². The number of rotatable bonds is 5. The van der Waals surface area contributed by atoms with Crippen LogP contribution in [-0.2, 0) is 6.54 Å². The van der Waals surface area contributed by atoms with Crippen molar-refractivity contribution in [2.75, 3.05) is 44.7 Å². The number of para-hydroxylation sites is 3. The van der Waals surface area contributed by atoms with Crippen LogP contribution in [0.3, 0.4) is 0 Å². The van der Waals surface area contributed by atoms with Gasteiger partial charge in [-0.3, -0.25) is 19.2 Å². The zero-order valence-corrected chi connectivity index (χ0v) is 15.9. The van der Waals surface area contributed by atoms with Crippen LogP contribution in [0.4, 0.5) is 5.69 Å². The molecule has 0 aliphatic carbocycles. The van der Waals surface area contributed by atoms with Gasteiger partial charge in [0.25, 0.3) is 5.56 Å². The van der Waals surface area contributed by atoms with Crippen LogP contribution < -0.4 is 20.9 Å². The van der Waals surface area contributed by atoms with Crippen LogP contribution in [-0.4, -0.2) is 54.3 Å². The van der Waals surface area contributed by atoms with Gasteiger partial charge in [-0.25, -0.2) is 4.79 Å². The highest BCUT2D eigenvalue weighted by molar-refractivity contribution is 5.77. The Kier molecular flexibility index (Phi) is 5.16. The first-order valence-corrected chi connectivity index (χ1v) is 9.49. The van der Waals surface area contributed by atoms with E-state index in [0.29, 0.717) is 17.4 Å². The fraction of sp³-hybridized carbons (Fsp3) is 0.333. The summed E-state index contributed by atoms with van der Waals surface area (Å²) in [6.07, 6.45) is 0. The Labute approximate surface area is 162 Å². The lowest BCUT2D eigenvalue weighted by molar-refractivity contribution is 0.247. The minimum Gasteiger partial charge on any atom is -0.495 e. The largest absolute Gasteiger partial charge is 0.495 e. The lowest BCUT2D eigenvalue weighted by Crippen LogP contribution is -2.47. The molecule has 1 aliphatic rings. The van der Waals surface area contributed by atoms with Crippen molar-refractivity contribution >= 4 is 16.6 Å². The van der Waals surface area contributed by atoms with Gasteiger partial charge in [0.1, 0.15) is 5.75 Å². The molecule has 1 aliphatic heterocycles. The normalized spacial score (nSPS) is 15.1. The molecule has 146 valence electrons. The van der Waals surface area contributed by atoms with Crippen molar-refractivity contribution in [1.82, 2.24) is 14.5 Å². The van der Waals surface area contributed by atoms with Crippen LogP contribution in [0, 0.1) is 0 Å². The van der Waals surface area contributed by atoms with E-state index in [1.54, 1.807) is 17.7 Å². The predicted octanol–water partition coefficient (Wildman–Crippen LogP) is 1.52. The SMILES string of the molecule is COc1ccccc1N1CCN(CCn2c(=O)[nH]c(=O)c3ccccc32)CC1. The second-order valence-corrected chi connectivity index (χ2v) is 6.93. The van der Waals surface area contributed by atoms with Gasteiger partial charge in [0, 0.05) is 39.3 Å². The molecule has 7 nitrogen and oxygen atoms in total. The molecule has 0 saturated carbocycles. The quantitative estimate of drug-likeness (QED) is 0.727. The number of piperazine rings is 1. The average Bonchev–Trinajstić information content (AvgIpc) is 2.74. The van der Waals surface area contributed by atoms with Gasteiger partial charge in [0.05, 0.1) is 23.7 Å². The predicted molar refractivity (Wildman–Crippen MR) is 110 cm³/mol. The third-order valence-electron chi connectivity index (χ3n) is 5.34. The van der Waals surface area contributed by atoms with Crippen LogP contribution in [0.15, 0.2) is 58.1 Å². The molecule has 2 aromatic carbocycles. The summed E-state index contributed by atoms with van der Waals surface area (Å²) in [6, 6.07) is 15.3. The Morgan fingerprint density at radius 1 is 0.929 bits per heavy atom. The average molecular weight is 380 g/mol. The van der Waals surface area contributed by atoms with E-state index in [1.165, 1.54) is 0 Å². The summed E-state index contributed by atoms with van der Waals surface area (Å²) < 4.78 is 7.13. The van der Waals surface area contributed by atoms with E-state index in [9.17, 15) is 9.59 Å². The van der Waals surface area contributed by atoms with E-state index < -0.39 is 0 Å². The number of anilines is 1. The van der Waals surface area contributed by atoms with Crippen molar-refractivity contribution in [2.45, 2.75) is 6.54 Å². The van der Waals surface area contributed by atoms with Crippen molar-refractivity contribution in [3.63, 3.8) is 0 Å². The lowest BCUT2D eigenvalue weighted by Gasteiger charge is -2.36. The highest BCUT2D eigenvalue weighted by Crippen LogP contribution is 2.28. The fourth-order valence-electron chi connectivity index (χ4n) is 3.81. The summed E-state index contributed by atoms with van der Waals surface area (Å²) in [6.45, 7) is 4.94. The van der Waals surface area contributed by atoms with Crippen LogP contribution in [0.2, 0.25) is 0 Å². The second kappa shape index (κ2) is 7.90. The Balaban J connectivity index is 1.44. The Morgan fingerprint density at radius 3 is 2.43 bits per heavy atom. The number of fused-ring (bicyclic) bond motifs is 1. The number of benzene rings is 2. The standard InChI is InChI=1S/C21H24N4O3/c1-28-19-9-5-4-8-18(19)24-13-10-23(11-14-24)12-15-25-17-7-3-2-6-16(17)20(26)22-21(25)27/h2-9H,10-15H2,1H3,(H,22,26,27). The van der Waals surface area contributed by atoms with Gasteiger partial charge in [-0.15, -0.1) is 0 Å². The molecule has 1 aromatic heterocycles. The number of ether oxygens (including phenoxy) is 1. The first kappa shape index (κ1) is 18.3. The molecule has 28 heavy (non-hydrogen) atoms. The number of aromatic nitrogens is 2. The van der Waals surface area contributed by atoms with Crippen molar-refractivity contribution in [2.24, 2.45) is 0 Å². The van der Waals surface area contributed by atoms with Crippen molar-refractivity contribution in [3.05, 3.63) is 69.4 Å². The molecule has 4 rings (SSSR count). The van der Waals surface area contributed by atoms with E-state index in [4.69, 9.17) is 4.74 Å². The first-order chi connectivity index (χ1) is 13.7. The maximum Gasteiger partial charge on any atom is 0.328 e. The molecule has 1 fully saturated rings. The van der Waals surface area contributed by atoms with Crippen molar-refractivity contribution < 1.29 is 4.74 Å². The summed E-state index contributed by atoms with van der Waals surface area (Å²) in [5, 5.41) is 0.545. The molecular formula is C21H24N4O3. The highest BCUT2D eigenvalue weighted by Gasteiger charge is 2.19. The number of hydrogen-bond acceptors (Lipinski definition) is 5. The van der Waals surface area contributed by atoms with Gasteiger partial charge in [-0.05, 0) is 24.3 Å². The zero-order valence-electron chi connectivity index (χ0n) is 15.9. The maximum absolute atomic E-state index is 12.3. The summed E-state index contributed by atoms with van der Waals surface area (Å²) in [5.41, 5.74) is 1.12. The monoisotopic (exact) mass is 380 g/mol. The second-order valence-electron chi connectivity index (χ2n) is 6.93. The summed E-state index contributed by atoms with van der Waals surface area (Å²) in [4.78, 5) is 31.4. The molecule has 0 bridgehead atoms. The van der Waals surface area contributed by atoms with Crippen LogP contribution in [0.1, 0.15) is 0 Å². The Hall–Kier alpha value is -3.06. The third-order valence-corrected chi connectivity index (χ3v) is 5.34. The summed E-state index contributed by atoms with van der Waals surface area (Å²) in [5.74, 6) is 0.891. The molecule has 1 saturated heterocycles. The van der Waals surface area contributed by atoms with Gasteiger partial charge >= 0.3 is 5.69 Å². The molecule has 0 atom stereocenters. The number of nitrogens with zero attached hydrogens (tertiary/aromatic N) is 3. The molecule has 0 unspecified atom stereocenters. The number of H-pyrrole nitrogens is 1. The first-order valence-electron chi connectivity index (χ1n) is 9.49. The number of aromatic amines is 1. The van der Waals surface area contributed by atoms with Gasteiger partial charge in [0.2, 0.25) is 0 Å². The van der Waals surface area contributed by atoms with Crippen LogP contribution >= 0.6 is 0 Å². The number of hydrogen-bond donors (Lipinski definition) is 1. The summed E-state index contributed by atoms with van der Waals surface area (Å²) in [7, 11) is 1.70. The molecule has 7 heteroatoms. The van der Waals surface area contributed by atoms with E-state index in [0.717, 1.165) is 44.2 Å². The molecule has 2 heterocycles. The zero-order chi connectivity index (χ0) is 19.5. The molecule has 0 amide bonds. The molecule has 1 N–H and O–H groups in total. The van der Waals surface area contributed by atoms with E-state index in [1.807, 2.05) is 36.4 Å². The van der Waals surface area contributed by atoms with Gasteiger partial charge in [-0.1, -0.05) is 24.3 Å². The van der Waals surface area contributed by atoms with E-state index in [-0.39, 0.29) is 11.2 Å². The van der Waals surface area contributed by atoms with Crippen LogP contribution in [0.5, 0.6) is 5.75 Å². The minimum absolute atomic E-state index is 0.331. The minimum atomic E-state index is -0.351. The van der Waals surface area contributed by atoms with Crippen molar-refractivity contribution in [3.8, 4) is 5.75 Å². The fourth-order valence-corrected chi connectivity index (χ4v) is 3.81. The molecule has 0 spiro atoms. The van der Waals surface area contributed by atoms with Gasteiger partial charge < -0.3 is 9.64 Å². The molecular weight excluding hydrogens is 356 g/mol. The third kappa shape index (κ3) is 3.53. The molecule has 0 radical (unpaired) electrons. The smallest absolute Gasteiger partial charge is 0.328 e. The van der Waals surface area contributed by atoms with E-state index >= 15 is 0 Å².